The predicted octanol–water partition coefficient (Wildman–Crippen LogP) is 4.70. The summed E-state index contributed by atoms with van der Waals surface area (Å²) in [6, 6.07) is 5.06. The number of fused-ring (bicyclic) bond motifs is 2. The number of carbonyl (C=O) groups excluding carboxylic acids is 2. The molecule has 8 heteroatoms. The van der Waals surface area contributed by atoms with Gasteiger partial charge in [0.25, 0.3) is 5.91 Å². The molecular formula is C28H42N2O6. The summed E-state index contributed by atoms with van der Waals surface area (Å²) in [4.78, 5) is 24.3. The Kier molecular flexibility index (Phi) is 11.0. The third-order valence-corrected chi connectivity index (χ3v) is 6.84. The molecule has 1 aliphatic heterocycles. The highest BCUT2D eigenvalue weighted by Crippen LogP contribution is 2.28. The number of ether oxygens (including phenoxy) is 2. The van der Waals surface area contributed by atoms with Crippen LogP contribution in [0, 0.1) is 17.8 Å². The molecule has 36 heavy (non-hydrogen) atoms. The number of amides is 2. The zero-order chi connectivity index (χ0) is 27.0. The molecule has 1 aromatic rings. The number of aromatic hydroxyl groups is 1. The topological polar surface area (TPSA) is 131 Å². The maximum Gasteiger partial charge on any atom is 0.405 e. The molecule has 1 heterocycles. The first-order chi connectivity index (χ1) is 16.9. The summed E-state index contributed by atoms with van der Waals surface area (Å²) < 4.78 is 11.1. The van der Waals surface area contributed by atoms with Crippen molar-refractivity contribution in [3.8, 4) is 5.75 Å². The minimum atomic E-state index is -0.856. The van der Waals surface area contributed by atoms with Crippen LogP contribution in [-0.4, -0.2) is 47.6 Å². The van der Waals surface area contributed by atoms with Crippen molar-refractivity contribution in [1.29, 1.82) is 0 Å². The Morgan fingerprint density at radius 3 is 2.50 bits per heavy atom. The maximum atomic E-state index is 12.7. The highest BCUT2D eigenvalue weighted by atomic mass is 16.6. The first kappa shape index (κ1) is 29.4. The van der Waals surface area contributed by atoms with Crippen LogP contribution in [0.3, 0.4) is 0 Å². The molecule has 5 N–H and O–H groups in total. The van der Waals surface area contributed by atoms with Crippen LogP contribution in [-0.2, 0) is 20.7 Å². The lowest BCUT2D eigenvalue weighted by molar-refractivity contribution is -0.112. The van der Waals surface area contributed by atoms with Crippen LogP contribution in [0.5, 0.6) is 5.75 Å². The van der Waals surface area contributed by atoms with E-state index in [9.17, 15) is 19.8 Å². The molecule has 8 nitrogen and oxygen atoms in total. The molecule has 2 bridgehead atoms. The van der Waals surface area contributed by atoms with Crippen molar-refractivity contribution in [2.45, 2.75) is 78.6 Å². The quantitative estimate of drug-likeness (QED) is 0.434. The molecule has 1 aliphatic rings. The Morgan fingerprint density at radius 1 is 1.17 bits per heavy atom. The third-order valence-electron chi connectivity index (χ3n) is 6.84. The molecule has 2 rings (SSSR count). The van der Waals surface area contributed by atoms with E-state index in [0.29, 0.717) is 36.9 Å². The maximum absolute atomic E-state index is 12.7. The van der Waals surface area contributed by atoms with Gasteiger partial charge in [-0.3, -0.25) is 4.79 Å². The Labute approximate surface area is 214 Å². The van der Waals surface area contributed by atoms with Crippen LogP contribution in [0.2, 0.25) is 0 Å². The minimum Gasteiger partial charge on any atom is -0.508 e. The van der Waals surface area contributed by atoms with Crippen molar-refractivity contribution < 1.29 is 29.3 Å². The molecule has 0 saturated carbocycles. The van der Waals surface area contributed by atoms with Gasteiger partial charge in [0.1, 0.15) is 11.9 Å². The molecule has 0 saturated heterocycles. The molecule has 0 radical (unpaired) electrons. The highest BCUT2D eigenvalue weighted by molar-refractivity contribution is 6.03. The van der Waals surface area contributed by atoms with E-state index in [1.54, 1.807) is 20.1 Å². The Balaban J connectivity index is 2.43. The van der Waals surface area contributed by atoms with E-state index >= 15 is 0 Å². The average Bonchev–Trinajstić information content (AvgIpc) is 2.78. The summed E-state index contributed by atoms with van der Waals surface area (Å²) >= 11 is 0. The number of primary amides is 1. The number of phenols is 1. The number of anilines is 1. The van der Waals surface area contributed by atoms with E-state index in [1.165, 1.54) is 6.07 Å². The summed E-state index contributed by atoms with van der Waals surface area (Å²) in [5.74, 6) is -0.371. The third kappa shape index (κ3) is 8.68. The fourth-order valence-corrected chi connectivity index (χ4v) is 4.89. The number of phenolic OH excluding ortho intramolecular Hbond substituents is 1. The summed E-state index contributed by atoms with van der Waals surface area (Å²) in [5, 5.41) is 24.2. The van der Waals surface area contributed by atoms with Crippen LogP contribution in [0.25, 0.3) is 0 Å². The van der Waals surface area contributed by atoms with Gasteiger partial charge in [0, 0.05) is 30.4 Å². The fourth-order valence-electron chi connectivity index (χ4n) is 4.89. The lowest BCUT2D eigenvalue weighted by Crippen LogP contribution is -2.35. The smallest absolute Gasteiger partial charge is 0.405 e. The molecule has 0 aliphatic carbocycles. The zero-order valence-corrected chi connectivity index (χ0v) is 22.3. The molecule has 0 fully saturated rings. The number of nitrogens with one attached hydrogen (secondary N) is 1. The first-order valence-electron chi connectivity index (χ1n) is 12.6. The molecule has 0 unspecified atom stereocenters. The van der Waals surface area contributed by atoms with Crippen LogP contribution in [0.4, 0.5) is 10.5 Å². The predicted molar refractivity (Wildman–Crippen MR) is 141 cm³/mol. The number of allylic oxidation sites excluding steroid dienone is 1. The van der Waals surface area contributed by atoms with Gasteiger partial charge >= 0.3 is 6.09 Å². The van der Waals surface area contributed by atoms with Crippen molar-refractivity contribution in [2.75, 3.05) is 12.4 Å². The van der Waals surface area contributed by atoms with Crippen LogP contribution < -0.4 is 11.1 Å². The first-order valence-corrected chi connectivity index (χ1v) is 12.6. The lowest BCUT2D eigenvalue weighted by atomic mass is 9.87. The summed E-state index contributed by atoms with van der Waals surface area (Å²) in [7, 11) is 1.58. The van der Waals surface area contributed by atoms with Gasteiger partial charge < -0.3 is 30.7 Å². The van der Waals surface area contributed by atoms with Crippen molar-refractivity contribution in [3.05, 3.63) is 47.1 Å². The number of aliphatic hydroxyl groups is 1. The van der Waals surface area contributed by atoms with E-state index < -0.39 is 24.4 Å². The minimum absolute atomic E-state index is 0.0702. The number of benzene rings is 1. The molecule has 6 atom stereocenters. The number of aliphatic hydroxyl groups excluding tert-OH is 1. The molecule has 0 aromatic heterocycles. The molecule has 2 amide bonds. The van der Waals surface area contributed by atoms with Crippen LogP contribution in [0.15, 0.2) is 41.5 Å². The highest BCUT2D eigenvalue weighted by Gasteiger charge is 2.28. The molecule has 200 valence electrons. The number of rotatable bonds is 2. The Morgan fingerprint density at radius 2 is 1.86 bits per heavy atom. The number of methoxy groups -OCH3 is 1. The molecule has 0 spiro atoms. The van der Waals surface area contributed by atoms with Gasteiger partial charge in [-0.1, -0.05) is 32.9 Å². The Bertz CT molecular complexity index is 973. The number of hydrogen-bond donors (Lipinski definition) is 4. The SMILES string of the molecule is CO[C@H]1C[C@H](C)Cc2cc(O)cc(c2)NC(=O)/C(C)=C/CC[C@H](C)[C@@H](OC(N)=O)/C(C)=C/[C@H](C)[C@H]1O. The van der Waals surface area contributed by atoms with E-state index in [2.05, 4.69) is 12.2 Å². The van der Waals surface area contributed by atoms with E-state index in [1.807, 2.05) is 39.0 Å². The lowest BCUT2D eigenvalue weighted by Gasteiger charge is -2.29. The molecular weight excluding hydrogens is 460 g/mol. The van der Waals surface area contributed by atoms with E-state index in [-0.39, 0.29) is 29.4 Å². The van der Waals surface area contributed by atoms with E-state index in [0.717, 1.165) is 11.1 Å². The van der Waals surface area contributed by atoms with Crippen molar-refractivity contribution in [3.63, 3.8) is 0 Å². The van der Waals surface area contributed by atoms with Gasteiger partial charge in [-0.05, 0) is 74.6 Å². The number of hydrogen-bond acceptors (Lipinski definition) is 6. The van der Waals surface area contributed by atoms with Gasteiger partial charge in [-0.2, -0.15) is 0 Å². The number of carbonyl (C=O) groups is 2. The summed E-state index contributed by atoms with van der Waals surface area (Å²) in [6.07, 6.45) is 3.63. The molecule has 1 aromatic carbocycles. The monoisotopic (exact) mass is 502 g/mol. The average molecular weight is 503 g/mol. The summed E-state index contributed by atoms with van der Waals surface area (Å²) in [5.41, 5.74) is 8.11. The van der Waals surface area contributed by atoms with E-state index in [4.69, 9.17) is 15.2 Å². The zero-order valence-electron chi connectivity index (χ0n) is 22.3. The fraction of sp³-hybridized carbons (Fsp3) is 0.571. The number of nitrogens with two attached hydrogens (primary N) is 1. The van der Waals surface area contributed by atoms with Crippen molar-refractivity contribution in [2.24, 2.45) is 23.5 Å². The van der Waals surface area contributed by atoms with Crippen molar-refractivity contribution in [1.82, 2.24) is 0 Å². The second-order valence-corrected chi connectivity index (χ2v) is 10.2. The van der Waals surface area contributed by atoms with Gasteiger partial charge in [0.2, 0.25) is 0 Å². The van der Waals surface area contributed by atoms with Crippen LogP contribution in [0.1, 0.15) is 59.4 Å². The van der Waals surface area contributed by atoms with Crippen molar-refractivity contribution >= 4 is 17.7 Å². The van der Waals surface area contributed by atoms with Gasteiger partial charge in [0.15, 0.2) is 0 Å². The van der Waals surface area contributed by atoms with Gasteiger partial charge in [-0.15, -0.1) is 0 Å². The Hall–Kier alpha value is -2.84. The van der Waals surface area contributed by atoms with Gasteiger partial charge in [-0.25, -0.2) is 4.79 Å². The van der Waals surface area contributed by atoms with Gasteiger partial charge in [0.05, 0.1) is 12.2 Å². The standard InChI is InChI=1S/C28H42N2O6/c1-16-10-21-13-22(15-23(31)14-21)30-27(33)18(3)9-7-8-17(2)26(36-28(29)34)20(5)12-19(4)25(32)24(11-16)35-6/h9,12-17,19,24-26,31-32H,7-8,10-11H2,1-6H3,(H2,29,34)(H,30,33)/b18-9+,20-12+/t16-,17+,19+,24+,25-,26-/m1/s1. The van der Waals surface area contributed by atoms with Crippen LogP contribution >= 0.6 is 0 Å². The largest absolute Gasteiger partial charge is 0.508 e. The normalized spacial score (nSPS) is 31.9. The second kappa shape index (κ2) is 13.5. The summed E-state index contributed by atoms with van der Waals surface area (Å²) in [6.45, 7) is 9.54. The second-order valence-electron chi connectivity index (χ2n) is 10.2.